The van der Waals surface area contributed by atoms with Crippen molar-refractivity contribution in [2.45, 2.75) is 38.4 Å². The number of rotatable bonds is 8. The molecule has 1 N–H and O–H groups in total. The fourth-order valence-electron chi connectivity index (χ4n) is 3.46. The third kappa shape index (κ3) is 4.36. The van der Waals surface area contributed by atoms with Crippen molar-refractivity contribution in [1.82, 2.24) is 9.97 Å². The summed E-state index contributed by atoms with van der Waals surface area (Å²) in [5.74, 6) is 3.95. The van der Waals surface area contributed by atoms with Gasteiger partial charge in [0.15, 0.2) is 0 Å². The van der Waals surface area contributed by atoms with Crippen LogP contribution in [-0.2, 0) is 18.6 Å². The maximum Gasteiger partial charge on any atom is 0.259 e. The molecule has 2 heterocycles. The minimum Gasteiger partial charge on any atom is -0.494 e. The zero-order valence-corrected chi connectivity index (χ0v) is 17.6. The highest BCUT2D eigenvalue weighted by Crippen LogP contribution is 2.33. The van der Waals surface area contributed by atoms with Gasteiger partial charge < -0.3 is 14.5 Å². The van der Waals surface area contributed by atoms with Crippen molar-refractivity contribution in [3.63, 3.8) is 0 Å². The van der Waals surface area contributed by atoms with Crippen LogP contribution in [0, 0.1) is 0 Å². The Labute approximate surface area is 172 Å². The standard InChI is InChI=1S/C21H24N2O3S2/c1-2-25-14-7-9-15(10-8-14)26-11-12-27-13-18-22-20(24)19-16-5-3-4-6-17(16)28-21(19)23-18/h7-10H,2-6,11-13H2,1H3,(H,22,23,24). The van der Waals surface area contributed by atoms with E-state index in [1.54, 1.807) is 23.1 Å². The molecule has 0 amide bonds. The van der Waals surface area contributed by atoms with Gasteiger partial charge in [-0.3, -0.25) is 4.79 Å². The topological polar surface area (TPSA) is 64.2 Å². The summed E-state index contributed by atoms with van der Waals surface area (Å²) in [7, 11) is 0. The van der Waals surface area contributed by atoms with Gasteiger partial charge in [-0.2, -0.15) is 11.8 Å². The molecule has 0 saturated heterocycles. The largest absolute Gasteiger partial charge is 0.494 e. The van der Waals surface area contributed by atoms with Crippen LogP contribution in [0.4, 0.5) is 0 Å². The van der Waals surface area contributed by atoms with Crippen LogP contribution in [0.2, 0.25) is 0 Å². The number of thiophene rings is 1. The van der Waals surface area contributed by atoms with E-state index in [0.29, 0.717) is 19.0 Å². The molecule has 4 rings (SSSR count). The molecule has 0 spiro atoms. The summed E-state index contributed by atoms with van der Waals surface area (Å²) < 4.78 is 11.2. The zero-order valence-electron chi connectivity index (χ0n) is 16.0. The van der Waals surface area contributed by atoms with Gasteiger partial charge >= 0.3 is 0 Å². The molecule has 1 aromatic carbocycles. The number of aromatic nitrogens is 2. The van der Waals surface area contributed by atoms with Crippen LogP contribution in [-0.4, -0.2) is 28.9 Å². The molecule has 1 aliphatic rings. The molecule has 28 heavy (non-hydrogen) atoms. The maximum absolute atomic E-state index is 12.5. The van der Waals surface area contributed by atoms with Crippen LogP contribution in [0.25, 0.3) is 10.2 Å². The summed E-state index contributed by atoms with van der Waals surface area (Å²) in [6, 6.07) is 7.66. The Morgan fingerprint density at radius 1 is 1.14 bits per heavy atom. The minimum atomic E-state index is 0.0191. The molecule has 0 aliphatic heterocycles. The summed E-state index contributed by atoms with van der Waals surface area (Å²) in [5, 5.41) is 0.826. The molecule has 0 unspecified atom stereocenters. The normalized spacial score (nSPS) is 13.5. The summed E-state index contributed by atoms with van der Waals surface area (Å²) in [6.45, 7) is 3.24. The second kappa shape index (κ2) is 9.01. The lowest BCUT2D eigenvalue weighted by atomic mass is 9.97. The van der Waals surface area contributed by atoms with Gasteiger partial charge in [0.05, 0.1) is 24.4 Å². The lowest BCUT2D eigenvalue weighted by Gasteiger charge is -2.09. The molecule has 148 valence electrons. The fourth-order valence-corrected chi connectivity index (χ4v) is 5.42. The predicted molar refractivity (Wildman–Crippen MR) is 116 cm³/mol. The second-order valence-corrected chi connectivity index (χ2v) is 8.90. The highest BCUT2D eigenvalue weighted by molar-refractivity contribution is 7.98. The molecular weight excluding hydrogens is 392 g/mol. The average Bonchev–Trinajstić information content (AvgIpc) is 3.08. The lowest BCUT2D eigenvalue weighted by Crippen LogP contribution is -2.12. The Hall–Kier alpha value is -1.99. The number of aromatic amines is 1. The third-order valence-electron chi connectivity index (χ3n) is 4.74. The van der Waals surface area contributed by atoms with Crippen LogP contribution < -0.4 is 15.0 Å². The van der Waals surface area contributed by atoms with E-state index in [9.17, 15) is 4.79 Å². The number of H-pyrrole nitrogens is 1. The first-order valence-corrected chi connectivity index (χ1v) is 11.7. The number of nitrogens with one attached hydrogen (secondary N) is 1. The molecule has 3 aromatic rings. The van der Waals surface area contributed by atoms with E-state index in [4.69, 9.17) is 14.5 Å². The van der Waals surface area contributed by atoms with Crippen LogP contribution in [0.1, 0.15) is 36.0 Å². The Morgan fingerprint density at radius 2 is 1.89 bits per heavy atom. The number of thioether (sulfide) groups is 1. The summed E-state index contributed by atoms with van der Waals surface area (Å²) in [5.41, 5.74) is 1.26. The van der Waals surface area contributed by atoms with Crippen molar-refractivity contribution in [3.05, 3.63) is 50.9 Å². The maximum atomic E-state index is 12.5. The third-order valence-corrected chi connectivity index (χ3v) is 6.86. The number of hydrogen-bond donors (Lipinski definition) is 1. The minimum absolute atomic E-state index is 0.0191. The predicted octanol–water partition coefficient (Wildman–Crippen LogP) is 4.57. The van der Waals surface area contributed by atoms with E-state index in [-0.39, 0.29) is 5.56 Å². The van der Waals surface area contributed by atoms with Crippen molar-refractivity contribution in [1.29, 1.82) is 0 Å². The second-order valence-electron chi connectivity index (χ2n) is 6.71. The van der Waals surface area contributed by atoms with Gasteiger partial charge in [0.1, 0.15) is 22.2 Å². The van der Waals surface area contributed by atoms with Gasteiger partial charge in [-0.15, -0.1) is 11.3 Å². The first-order chi connectivity index (χ1) is 13.7. The number of benzene rings is 1. The van der Waals surface area contributed by atoms with Gasteiger partial charge in [-0.1, -0.05) is 0 Å². The molecule has 0 saturated carbocycles. The van der Waals surface area contributed by atoms with Crippen molar-refractivity contribution >= 4 is 33.3 Å². The molecule has 0 fully saturated rings. The van der Waals surface area contributed by atoms with Crippen LogP contribution in [0.3, 0.4) is 0 Å². The van der Waals surface area contributed by atoms with E-state index in [1.807, 2.05) is 31.2 Å². The molecule has 7 heteroatoms. The lowest BCUT2D eigenvalue weighted by molar-refractivity contribution is 0.332. The molecule has 2 aromatic heterocycles. The van der Waals surface area contributed by atoms with Crippen LogP contribution in [0.5, 0.6) is 11.5 Å². The van der Waals surface area contributed by atoms with Crippen molar-refractivity contribution in [2.24, 2.45) is 0 Å². The Bertz CT molecular complexity index is 995. The summed E-state index contributed by atoms with van der Waals surface area (Å²) in [6.07, 6.45) is 4.48. The quantitative estimate of drug-likeness (QED) is 0.545. The van der Waals surface area contributed by atoms with E-state index in [0.717, 1.165) is 46.1 Å². The number of ether oxygens (including phenoxy) is 2. The Balaban J connectivity index is 1.30. The molecule has 0 atom stereocenters. The summed E-state index contributed by atoms with van der Waals surface area (Å²) >= 11 is 3.41. The zero-order chi connectivity index (χ0) is 19.3. The number of aryl methyl sites for hydroxylation is 2. The van der Waals surface area contributed by atoms with E-state index >= 15 is 0 Å². The highest BCUT2D eigenvalue weighted by Gasteiger charge is 2.19. The molecule has 1 aliphatic carbocycles. The van der Waals surface area contributed by atoms with Gasteiger partial charge in [-0.25, -0.2) is 4.98 Å². The Morgan fingerprint density at radius 3 is 2.68 bits per heavy atom. The van der Waals surface area contributed by atoms with Gasteiger partial charge in [0.2, 0.25) is 0 Å². The number of fused-ring (bicyclic) bond motifs is 3. The first kappa shape index (κ1) is 19.3. The number of hydrogen-bond acceptors (Lipinski definition) is 6. The van der Waals surface area contributed by atoms with Crippen molar-refractivity contribution < 1.29 is 9.47 Å². The fraction of sp³-hybridized carbons (Fsp3) is 0.429. The van der Waals surface area contributed by atoms with E-state index in [2.05, 4.69) is 4.98 Å². The van der Waals surface area contributed by atoms with E-state index in [1.165, 1.54) is 23.3 Å². The van der Waals surface area contributed by atoms with Crippen molar-refractivity contribution in [3.8, 4) is 11.5 Å². The SMILES string of the molecule is CCOc1ccc(OCCSCc2nc3sc4c(c3c(=O)[nH]2)CCCC4)cc1. The number of nitrogens with zero attached hydrogens (tertiary/aromatic N) is 1. The van der Waals surface area contributed by atoms with Gasteiger partial charge in [0, 0.05) is 10.6 Å². The average molecular weight is 417 g/mol. The smallest absolute Gasteiger partial charge is 0.259 e. The van der Waals surface area contributed by atoms with Crippen LogP contribution >= 0.6 is 23.1 Å². The first-order valence-electron chi connectivity index (χ1n) is 9.71. The summed E-state index contributed by atoms with van der Waals surface area (Å²) in [4.78, 5) is 22.5. The van der Waals surface area contributed by atoms with Crippen molar-refractivity contribution in [2.75, 3.05) is 19.0 Å². The Kier molecular flexibility index (Phi) is 6.22. The monoisotopic (exact) mass is 416 g/mol. The van der Waals surface area contributed by atoms with Gasteiger partial charge in [0.25, 0.3) is 5.56 Å². The molecule has 0 bridgehead atoms. The van der Waals surface area contributed by atoms with Gasteiger partial charge in [-0.05, 0) is 62.4 Å². The molecular formula is C21H24N2O3S2. The highest BCUT2D eigenvalue weighted by atomic mass is 32.2. The van der Waals surface area contributed by atoms with E-state index < -0.39 is 0 Å². The van der Waals surface area contributed by atoms with Crippen LogP contribution in [0.15, 0.2) is 29.1 Å². The molecule has 5 nitrogen and oxygen atoms in total. The molecule has 0 radical (unpaired) electrons.